The van der Waals surface area contributed by atoms with Gasteiger partial charge in [0.2, 0.25) is 0 Å². The monoisotopic (exact) mass is 253 g/mol. The Balaban J connectivity index is 2.23. The van der Waals surface area contributed by atoms with Crippen molar-refractivity contribution < 1.29 is 4.74 Å². The van der Waals surface area contributed by atoms with Gasteiger partial charge in [0.15, 0.2) is 5.96 Å². The Labute approximate surface area is 108 Å². The van der Waals surface area contributed by atoms with Gasteiger partial charge in [0.25, 0.3) is 0 Å². The molecule has 0 saturated heterocycles. The molecule has 0 unspecified atom stereocenters. The molecule has 1 aromatic heterocycles. The number of rotatable bonds is 8. The zero-order chi connectivity index (χ0) is 13.1. The van der Waals surface area contributed by atoms with E-state index in [-0.39, 0.29) is 0 Å². The van der Waals surface area contributed by atoms with Crippen LogP contribution in [-0.4, -0.2) is 48.6 Å². The Morgan fingerprint density at radius 1 is 1.39 bits per heavy atom. The fourth-order valence-corrected chi connectivity index (χ4v) is 1.43. The van der Waals surface area contributed by atoms with Gasteiger partial charge in [-0.25, -0.2) is 0 Å². The Kier molecular flexibility index (Phi) is 7.63. The van der Waals surface area contributed by atoms with Gasteiger partial charge in [0.05, 0.1) is 19.7 Å². The highest BCUT2D eigenvalue weighted by atomic mass is 16.5. The van der Waals surface area contributed by atoms with Crippen LogP contribution in [0, 0.1) is 0 Å². The van der Waals surface area contributed by atoms with Crippen molar-refractivity contribution in [2.75, 3.05) is 32.8 Å². The minimum absolute atomic E-state index is 0.659. The van der Waals surface area contributed by atoms with Crippen LogP contribution < -0.4 is 10.6 Å². The number of ether oxygens (including phenoxy) is 1. The van der Waals surface area contributed by atoms with Gasteiger partial charge in [-0.3, -0.25) is 9.67 Å². The highest BCUT2D eigenvalue weighted by Crippen LogP contribution is 1.83. The fourth-order valence-electron chi connectivity index (χ4n) is 1.43. The molecule has 0 saturated carbocycles. The lowest BCUT2D eigenvalue weighted by Crippen LogP contribution is -2.39. The molecule has 0 aliphatic rings. The maximum Gasteiger partial charge on any atom is 0.191 e. The molecule has 0 spiro atoms. The van der Waals surface area contributed by atoms with Gasteiger partial charge >= 0.3 is 0 Å². The van der Waals surface area contributed by atoms with Crippen LogP contribution in [0.25, 0.3) is 0 Å². The van der Waals surface area contributed by atoms with Crippen molar-refractivity contribution in [3.05, 3.63) is 18.5 Å². The fraction of sp³-hybridized carbons (Fsp3) is 0.667. The summed E-state index contributed by atoms with van der Waals surface area (Å²) in [7, 11) is 0. The van der Waals surface area contributed by atoms with Gasteiger partial charge in [0, 0.05) is 32.1 Å². The summed E-state index contributed by atoms with van der Waals surface area (Å²) < 4.78 is 7.13. The number of aliphatic imine (C=N–C) groups is 1. The van der Waals surface area contributed by atoms with E-state index in [1.165, 1.54) is 0 Å². The lowest BCUT2D eigenvalue weighted by atomic mass is 10.6. The topological polar surface area (TPSA) is 63.5 Å². The number of hydrogen-bond acceptors (Lipinski definition) is 3. The minimum atomic E-state index is 0.659. The predicted octanol–water partition coefficient (Wildman–Crippen LogP) is 0.475. The Hall–Kier alpha value is -1.56. The third kappa shape index (κ3) is 6.24. The van der Waals surface area contributed by atoms with Crippen LogP contribution in [0.1, 0.15) is 13.8 Å². The highest BCUT2D eigenvalue weighted by Gasteiger charge is 1.96. The molecule has 0 atom stereocenters. The predicted molar refractivity (Wildman–Crippen MR) is 72.7 cm³/mol. The van der Waals surface area contributed by atoms with Crippen LogP contribution >= 0.6 is 0 Å². The standard InChI is InChI=1S/C12H23N5O/c1-3-13-12(15-8-11-18-4-2)14-7-10-17-9-5-6-16-17/h5-6,9H,3-4,7-8,10-11H2,1-2H3,(H2,13,14,15). The maximum absolute atomic E-state index is 5.25. The van der Waals surface area contributed by atoms with Crippen molar-refractivity contribution in [1.29, 1.82) is 0 Å². The summed E-state index contributed by atoms with van der Waals surface area (Å²) in [6.45, 7) is 8.56. The average molecular weight is 253 g/mol. The van der Waals surface area contributed by atoms with Crippen molar-refractivity contribution in [2.45, 2.75) is 20.4 Å². The van der Waals surface area contributed by atoms with Crippen LogP contribution in [0.2, 0.25) is 0 Å². The first-order chi connectivity index (χ1) is 8.86. The van der Waals surface area contributed by atoms with E-state index in [1.54, 1.807) is 6.20 Å². The first kappa shape index (κ1) is 14.5. The van der Waals surface area contributed by atoms with Gasteiger partial charge in [-0.15, -0.1) is 0 Å². The van der Waals surface area contributed by atoms with Gasteiger partial charge in [-0.05, 0) is 19.9 Å². The molecule has 0 bridgehead atoms. The van der Waals surface area contributed by atoms with Gasteiger partial charge in [-0.1, -0.05) is 0 Å². The molecular formula is C12H23N5O. The van der Waals surface area contributed by atoms with E-state index in [4.69, 9.17) is 4.74 Å². The number of hydrogen-bond donors (Lipinski definition) is 2. The second kappa shape index (κ2) is 9.47. The number of nitrogens with zero attached hydrogens (tertiary/aromatic N) is 3. The van der Waals surface area contributed by atoms with Crippen LogP contribution in [0.15, 0.2) is 23.5 Å². The lowest BCUT2D eigenvalue weighted by Gasteiger charge is -2.11. The first-order valence-electron chi connectivity index (χ1n) is 6.44. The van der Waals surface area contributed by atoms with Crippen LogP contribution in [-0.2, 0) is 11.3 Å². The molecule has 0 amide bonds. The molecule has 18 heavy (non-hydrogen) atoms. The zero-order valence-corrected chi connectivity index (χ0v) is 11.2. The summed E-state index contributed by atoms with van der Waals surface area (Å²) in [5, 5.41) is 10.6. The Morgan fingerprint density at radius 3 is 2.94 bits per heavy atom. The summed E-state index contributed by atoms with van der Waals surface area (Å²) in [6, 6.07) is 1.92. The van der Waals surface area contributed by atoms with Crippen molar-refractivity contribution in [2.24, 2.45) is 4.99 Å². The number of guanidine groups is 1. The lowest BCUT2D eigenvalue weighted by molar-refractivity contribution is 0.155. The van der Waals surface area contributed by atoms with Crippen LogP contribution in [0.5, 0.6) is 0 Å². The van der Waals surface area contributed by atoms with Gasteiger partial charge < -0.3 is 15.4 Å². The maximum atomic E-state index is 5.25. The molecule has 1 heterocycles. The van der Waals surface area contributed by atoms with E-state index in [0.29, 0.717) is 13.2 Å². The van der Waals surface area contributed by atoms with Crippen LogP contribution in [0.4, 0.5) is 0 Å². The third-order valence-corrected chi connectivity index (χ3v) is 2.25. The number of nitrogens with one attached hydrogen (secondary N) is 2. The normalized spacial score (nSPS) is 11.6. The van der Waals surface area contributed by atoms with Gasteiger partial charge in [-0.2, -0.15) is 5.10 Å². The Bertz CT molecular complexity index is 323. The molecule has 0 aliphatic carbocycles. The van der Waals surface area contributed by atoms with E-state index in [9.17, 15) is 0 Å². The quantitative estimate of drug-likeness (QED) is 0.402. The molecule has 1 aromatic rings. The molecule has 0 fully saturated rings. The van der Waals surface area contributed by atoms with Crippen molar-refractivity contribution >= 4 is 5.96 Å². The average Bonchev–Trinajstić information content (AvgIpc) is 2.87. The summed E-state index contributed by atoms with van der Waals surface area (Å²) in [5.74, 6) is 0.823. The second-order valence-electron chi connectivity index (χ2n) is 3.65. The second-order valence-corrected chi connectivity index (χ2v) is 3.65. The zero-order valence-electron chi connectivity index (χ0n) is 11.2. The SMILES string of the molecule is CCNC(=NCCOCC)NCCn1cccn1. The first-order valence-corrected chi connectivity index (χ1v) is 6.44. The molecule has 0 radical (unpaired) electrons. The summed E-state index contributed by atoms with van der Waals surface area (Å²) in [4.78, 5) is 4.41. The van der Waals surface area contributed by atoms with E-state index in [2.05, 4.69) is 20.7 Å². The summed E-state index contributed by atoms with van der Waals surface area (Å²) >= 11 is 0. The molecular weight excluding hydrogens is 230 g/mol. The molecule has 0 aromatic carbocycles. The highest BCUT2D eigenvalue weighted by molar-refractivity contribution is 5.79. The molecule has 6 nitrogen and oxygen atoms in total. The van der Waals surface area contributed by atoms with Crippen molar-refractivity contribution in [1.82, 2.24) is 20.4 Å². The van der Waals surface area contributed by atoms with E-state index in [0.717, 1.165) is 32.2 Å². The van der Waals surface area contributed by atoms with E-state index in [1.807, 2.05) is 30.8 Å². The Morgan fingerprint density at radius 2 is 2.28 bits per heavy atom. The van der Waals surface area contributed by atoms with Crippen molar-refractivity contribution in [3.63, 3.8) is 0 Å². The molecule has 6 heteroatoms. The third-order valence-electron chi connectivity index (χ3n) is 2.25. The summed E-state index contributed by atoms with van der Waals surface area (Å²) in [5.41, 5.74) is 0. The largest absolute Gasteiger partial charge is 0.380 e. The minimum Gasteiger partial charge on any atom is -0.380 e. The molecule has 2 N–H and O–H groups in total. The van der Waals surface area contributed by atoms with Crippen molar-refractivity contribution in [3.8, 4) is 0 Å². The van der Waals surface area contributed by atoms with Gasteiger partial charge in [0.1, 0.15) is 0 Å². The molecule has 102 valence electrons. The smallest absolute Gasteiger partial charge is 0.191 e. The molecule has 1 rings (SSSR count). The number of aromatic nitrogens is 2. The molecule has 0 aliphatic heterocycles. The van der Waals surface area contributed by atoms with Crippen LogP contribution in [0.3, 0.4) is 0 Å². The van der Waals surface area contributed by atoms with E-state index < -0.39 is 0 Å². The summed E-state index contributed by atoms with van der Waals surface area (Å²) in [6.07, 6.45) is 3.72. The van der Waals surface area contributed by atoms with E-state index >= 15 is 0 Å².